The van der Waals surface area contributed by atoms with Crippen LogP contribution in [0.5, 0.6) is 0 Å². The van der Waals surface area contributed by atoms with Crippen molar-refractivity contribution >= 4 is 31.6 Å². The molecule has 0 aliphatic carbocycles. The minimum Gasteiger partial charge on any atom is -0.284 e. The lowest BCUT2D eigenvalue weighted by molar-refractivity contribution is 0.598. The van der Waals surface area contributed by atoms with E-state index in [9.17, 15) is 8.42 Å². The minimum absolute atomic E-state index is 0.153. The van der Waals surface area contributed by atoms with Crippen LogP contribution in [0, 0.1) is 0 Å². The average molecular weight is 372 g/mol. The van der Waals surface area contributed by atoms with Crippen LogP contribution >= 0.6 is 15.9 Å². The summed E-state index contributed by atoms with van der Waals surface area (Å²) in [4.78, 5) is 0. The van der Waals surface area contributed by atoms with Gasteiger partial charge >= 0.3 is 0 Å². The van der Waals surface area contributed by atoms with Crippen molar-refractivity contribution in [3.05, 3.63) is 46.7 Å². The molecule has 7 heteroatoms. The van der Waals surface area contributed by atoms with Crippen LogP contribution in [0.15, 0.2) is 41.1 Å². The number of aromatic nitrogens is 2. The number of rotatable bonds is 7. The predicted molar refractivity (Wildman–Crippen MR) is 87.8 cm³/mol. The van der Waals surface area contributed by atoms with Gasteiger partial charge in [0.1, 0.15) is 0 Å². The van der Waals surface area contributed by atoms with Crippen molar-refractivity contribution in [2.75, 3.05) is 10.5 Å². The molecule has 0 saturated heterocycles. The highest BCUT2D eigenvalue weighted by Crippen LogP contribution is 2.15. The maximum absolute atomic E-state index is 11.9. The molecule has 0 bridgehead atoms. The van der Waals surface area contributed by atoms with Crippen molar-refractivity contribution in [1.29, 1.82) is 0 Å². The molecule has 2 aromatic rings. The summed E-state index contributed by atoms with van der Waals surface area (Å²) in [5.41, 5.74) is 1.58. The number of hydrogen-bond donors (Lipinski definition) is 1. The molecule has 1 aromatic heterocycles. The third-order valence-electron chi connectivity index (χ3n) is 2.91. The first-order valence-electron chi connectivity index (χ1n) is 6.76. The first-order chi connectivity index (χ1) is 9.98. The molecule has 1 N–H and O–H groups in total. The Morgan fingerprint density at radius 3 is 2.86 bits per heavy atom. The summed E-state index contributed by atoms with van der Waals surface area (Å²) in [6.45, 7) is 2.56. The Morgan fingerprint density at radius 2 is 2.19 bits per heavy atom. The zero-order chi connectivity index (χ0) is 15.3. The predicted octanol–water partition coefficient (Wildman–Crippen LogP) is 3.24. The fraction of sp³-hybridized carbons (Fsp3) is 0.357. The molecule has 2 rings (SSSR count). The second-order valence-corrected chi connectivity index (χ2v) is 7.59. The monoisotopic (exact) mass is 371 g/mol. The van der Waals surface area contributed by atoms with Crippen LogP contribution < -0.4 is 4.72 Å². The highest BCUT2D eigenvalue weighted by Gasteiger charge is 2.09. The van der Waals surface area contributed by atoms with E-state index in [1.54, 1.807) is 16.9 Å². The van der Waals surface area contributed by atoms with E-state index >= 15 is 0 Å². The van der Waals surface area contributed by atoms with Crippen LogP contribution in [-0.4, -0.2) is 24.0 Å². The van der Waals surface area contributed by atoms with Gasteiger partial charge < -0.3 is 0 Å². The third-order valence-corrected chi connectivity index (χ3v) is 4.70. The normalized spacial score (nSPS) is 11.5. The highest BCUT2D eigenvalue weighted by molar-refractivity contribution is 9.10. The van der Waals surface area contributed by atoms with E-state index in [0.29, 0.717) is 18.7 Å². The molecule has 0 atom stereocenters. The van der Waals surface area contributed by atoms with Crippen LogP contribution in [0.1, 0.15) is 25.3 Å². The number of sulfonamides is 1. The van der Waals surface area contributed by atoms with Crippen LogP contribution in [0.2, 0.25) is 0 Å². The Hall–Kier alpha value is -1.34. The number of halogens is 1. The molecule has 0 amide bonds. The summed E-state index contributed by atoms with van der Waals surface area (Å²) < 4.78 is 29.1. The molecule has 114 valence electrons. The molecule has 5 nitrogen and oxygen atoms in total. The third kappa shape index (κ3) is 5.17. The van der Waals surface area contributed by atoms with Gasteiger partial charge in [-0.3, -0.25) is 9.40 Å². The summed E-state index contributed by atoms with van der Waals surface area (Å²) in [6.07, 6.45) is 5.11. The van der Waals surface area contributed by atoms with Crippen molar-refractivity contribution in [2.24, 2.45) is 0 Å². The molecular formula is C14H18BrN3O2S. The molecule has 0 spiro atoms. The molecule has 0 fully saturated rings. The number of benzene rings is 1. The summed E-state index contributed by atoms with van der Waals surface area (Å²) in [5, 5.41) is 4.19. The summed E-state index contributed by atoms with van der Waals surface area (Å²) in [6, 6.07) is 7.37. The van der Waals surface area contributed by atoms with Gasteiger partial charge in [-0.15, -0.1) is 0 Å². The number of unbranched alkanes of at least 4 members (excludes halogenated alkanes) is 1. The number of nitrogens with zero attached hydrogens (tertiary/aromatic N) is 2. The summed E-state index contributed by atoms with van der Waals surface area (Å²) >= 11 is 3.35. The second-order valence-electron chi connectivity index (χ2n) is 4.83. The van der Waals surface area contributed by atoms with Crippen molar-refractivity contribution in [3.63, 3.8) is 0 Å². The van der Waals surface area contributed by atoms with E-state index in [4.69, 9.17) is 0 Å². The van der Waals surface area contributed by atoms with E-state index in [1.807, 2.05) is 31.3 Å². The van der Waals surface area contributed by atoms with Gasteiger partial charge in [0.25, 0.3) is 0 Å². The van der Waals surface area contributed by atoms with Gasteiger partial charge in [0, 0.05) is 11.9 Å². The number of hydrogen-bond acceptors (Lipinski definition) is 3. The molecule has 1 heterocycles. The molecule has 0 aliphatic rings. The lowest BCUT2D eigenvalue weighted by Gasteiger charge is -2.09. The Kier molecular flexibility index (Phi) is 5.41. The van der Waals surface area contributed by atoms with Crippen LogP contribution in [0.4, 0.5) is 5.69 Å². The Labute approximate surface area is 133 Å². The van der Waals surface area contributed by atoms with Crippen molar-refractivity contribution in [1.82, 2.24) is 9.78 Å². The number of nitrogens with one attached hydrogen (secondary N) is 1. The zero-order valence-corrected chi connectivity index (χ0v) is 14.2. The lowest BCUT2D eigenvalue weighted by Crippen LogP contribution is -2.16. The zero-order valence-electron chi connectivity index (χ0n) is 11.8. The highest BCUT2D eigenvalue weighted by atomic mass is 79.9. The smallest absolute Gasteiger partial charge is 0.232 e. The average Bonchev–Trinajstić information content (AvgIpc) is 2.82. The first-order valence-corrected chi connectivity index (χ1v) is 9.20. The van der Waals surface area contributed by atoms with E-state index in [2.05, 4.69) is 25.8 Å². The van der Waals surface area contributed by atoms with E-state index in [1.165, 1.54) is 0 Å². The molecule has 0 saturated carbocycles. The van der Waals surface area contributed by atoms with Gasteiger partial charge in [0.05, 0.1) is 23.0 Å². The van der Waals surface area contributed by atoms with Crippen LogP contribution in [0.3, 0.4) is 0 Å². The fourth-order valence-corrected chi connectivity index (χ4v) is 3.49. The molecule has 0 radical (unpaired) electrons. The van der Waals surface area contributed by atoms with E-state index < -0.39 is 10.0 Å². The Balaban J connectivity index is 2.07. The van der Waals surface area contributed by atoms with Gasteiger partial charge in [-0.05, 0) is 40.0 Å². The van der Waals surface area contributed by atoms with Crippen LogP contribution in [-0.2, 0) is 16.6 Å². The summed E-state index contributed by atoms with van der Waals surface area (Å²) in [7, 11) is -3.26. The van der Waals surface area contributed by atoms with Gasteiger partial charge in [-0.25, -0.2) is 8.42 Å². The fourth-order valence-electron chi connectivity index (χ4n) is 1.91. The Morgan fingerprint density at radius 1 is 1.38 bits per heavy atom. The lowest BCUT2D eigenvalue weighted by atomic mass is 10.2. The topological polar surface area (TPSA) is 64.0 Å². The van der Waals surface area contributed by atoms with E-state index in [-0.39, 0.29) is 5.75 Å². The quantitative estimate of drug-likeness (QED) is 0.812. The van der Waals surface area contributed by atoms with Gasteiger partial charge in [-0.2, -0.15) is 5.10 Å². The maximum Gasteiger partial charge on any atom is 0.232 e. The molecule has 0 unspecified atom stereocenters. The second kappa shape index (κ2) is 7.09. The first kappa shape index (κ1) is 16.0. The summed E-state index contributed by atoms with van der Waals surface area (Å²) in [5.74, 6) is 0.153. The molecule has 0 aliphatic heterocycles. The largest absolute Gasteiger partial charge is 0.284 e. The SMILES string of the molecule is CCCCS(=O)(=O)Nc1cccc(Cn2cc(Br)cn2)c1. The molecule has 21 heavy (non-hydrogen) atoms. The van der Waals surface area contributed by atoms with Crippen molar-refractivity contribution < 1.29 is 8.42 Å². The Bertz CT molecular complexity index is 698. The van der Waals surface area contributed by atoms with Gasteiger partial charge in [0.15, 0.2) is 0 Å². The van der Waals surface area contributed by atoms with Crippen LogP contribution in [0.25, 0.3) is 0 Å². The van der Waals surface area contributed by atoms with E-state index in [0.717, 1.165) is 16.5 Å². The minimum atomic E-state index is -3.26. The standard InChI is InChI=1S/C14H18BrN3O2S/c1-2-3-7-21(19,20)17-14-6-4-5-12(8-14)10-18-11-13(15)9-16-18/h4-6,8-9,11,17H,2-3,7,10H2,1H3. The van der Waals surface area contributed by atoms with Crippen molar-refractivity contribution in [2.45, 2.75) is 26.3 Å². The van der Waals surface area contributed by atoms with Gasteiger partial charge in [-0.1, -0.05) is 25.5 Å². The molecular weight excluding hydrogens is 354 g/mol. The van der Waals surface area contributed by atoms with Gasteiger partial charge in [0.2, 0.25) is 10.0 Å². The van der Waals surface area contributed by atoms with Crippen molar-refractivity contribution in [3.8, 4) is 0 Å². The molecule has 1 aromatic carbocycles. The number of anilines is 1. The maximum atomic E-state index is 11.9.